The lowest BCUT2D eigenvalue weighted by molar-refractivity contribution is -0.471. The molecule has 0 aliphatic heterocycles. The number of aliphatic carboxylic acids is 2. The molecule has 35 heavy (non-hydrogen) atoms. The van der Waals surface area contributed by atoms with E-state index in [4.69, 9.17) is 5.11 Å². The number of ether oxygens (including phenoxy) is 2. The van der Waals surface area contributed by atoms with Crippen LogP contribution in [0.25, 0.3) is 0 Å². The summed E-state index contributed by atoms with van der Waals surface area (Å²) >= 11 is 0. The van der Waals surface area contributed by atoms with E-state index in [0.717, 1.165) is 0 Å². The Morgan fingerprint density at radius 2 is 1.40 bits per heavy atom. The van der Waals surface area contributed by atoms with E-state index in [2.05, 4.69) is 21.4 Å². The van der Waals surface area contributed by atoms with Gasteiger partial charge in [-0.1, -0.05) is 0 Å². The van der Waals surface area contributed by atoms with E-state index in [9.17, 15) is 33.9 Å². The van der Waals surface area contributed by atoms with E-state index < -0.39 is 24.4 Å². The Morgan fingerprint density at radius 1 is 0.914 bits per heavy atom. The molecule has 0 aromatic rings. The van der Waals surface area contributed by atoms with Gasteiger partial charge in [0.2, 0.25) is 5.91 Å². The second kappa shape index (κ2) is 18.7. The van der Waals surface area contributed by atoms with Crippen LogP contribution in [0, 0.1) is 0 Å². The largest absolute Gasteiger partial charge is 0.480 e. The molecule has 0 rings (SSSR count). The Labute approximate surface area is 202 Å². The number of rotatable bonds is 22. The second-order valence-corrected chi connectivity index (χ2v) is 7.28. The van der Waals surface area contributed by atoms with E-state index in [1.807, 2.05) is 0 Å². The predicted molar refractivity (Wildman–Crippen MR) is 118 cm³/mol. The molecule has 0 heterocycles. The topological polar surface area (TPSA) is 186 Å². The van der Waals surface area contributed by atoms with Crippen LogP contribution >= 0.6 is 0 Å². The number of nitrogens with one attached hydrogen (secondary N) is 1. The fourth-order valence-corrected chi connectivity index (χ4v) is 2.75. The first-order valence-corrected chi connectivity index (χ1v) is 10.4. The van der Waals surface area contributed by atoms with Crippen molar-refractivity contribution in [2.24, 2.45) is 0 Å². The molecule has 15 nitrogen and oxygen atoms in total. The number of isocyanates is 1. The van der Waals surface area contributed by atoms with Crippen molar-refractivity contribution in [1.82, 2.24) is 20.0 Å². The van der Waals surface area contributed by atoms with Crippen LogP contribution in [-0.4, -0.2) is 139 Å². The molecule has 0 atom stereocenters. The number of carbonyl (C=O) groups excluding carboxylic acids is 4. The van der Waals surface area contributed by atoms with Gasteiger partial charge in [0.05, 0.1) is 26.2 Å². The van der Waals surface area contributed by atoms with Crippen molar-refractivity contribution in [3.63, 3.8) is 0 Å². The number of amides is 1. The van der Waals surface area contributed by atoms with Crippen molar-refractivity contribution in [3.8, 4) is 0 Å². The highest BCUT2D eigenvalue weighted by atomic mass is 16.6. The summed E-state index contributed by atoms with van der Waals surface area (Å²) in [6, 6.07) is 0. The van der Waals surface area contributed by atoms with Gasteiger partial charge >= 0.3 is 18.0 Å². The highest BCUT2D eigenvalue weighted by Crippen LogP contribution is 1.97. The molecule has 196 valence electrons. The summed E-state index contributed by atoms with van der Waals surface area (Å²) in [4.78, 5) is 70.6. The van der Waals surface area contributed by atoms with Gasteiger partial charge in [-0.2, -0.15) is 4.79 Å². The Balaban J connectivity index is 4.95. The van der Waals surface area contributed by atoms with Gasteiger partial charge in [0.25, 0.3) is 12.9 Å². The van der Waals surface area contributed by atoms with Crippen LogP contribution in [0.5, 0.6) is 0 Å². The summed E-state index contributed by atoms with van der Waals surface area (Å²) in [5.74, 6) is -2.77. The Bertz CT molecular complexity index is 772. The molecule has 3 N–H and O–H groups in total. The maximum absolute atomic E-state index is 12.2. The third-order valence-electron chi connectivity index (χ3n) is 4.43. The highest BCUT2D eigenvalue weighted by Gasteiger charge is 2.18. The van der Waals surface area contributed by atoms with Gasteiger partial charge in [0.15, 0.2) is 12.2 Å². The summed E-state index contributed by atoms with van der Waals surface area (Å²) in [5.41, 5.74) is 0.453. The molecule has 0 aromatic heterocycles. The standard InChI is InChI=1S/C20H31N5O10/c1-17(2)25(12-26)4-3-21-18(29)9-23(11-20(32)33)7-5-22(10-19(30)31)6-8-24(13-34-15-27)14-35-16-28/h15-16H,1,3-11,13-14H2,2H3,(H2-,21,29,30,31,32,33)/p+1. The van der Waals surface area contributed by atoms with Crippen LogP contribution in [0.2, 0.25) is 0 Å². The van der Waals surface area contributed by atoms with Crippen molar-refractivity contribution >= 4 is 36.9 Å². The molecule has 0 aliphatic carbocycles. The van der Waals surface area contributed by atoms with Gasteiger partial charge < -0.3 is 25.0 Å². The number of hydrogen-bond acceptors (Lipinski definition) is 11. The summed E-state index contributed by atoms with van der Waals surface area (Å²) in [6.07, 6.45) is 1.67. The average molecular weight is 503 g/mol. The molecule has 0 aromatic carbocycles. The SMILES string of the molecule is C=C(C)[N+](=C=O)CCNC(=O)CN(CCN(CCN(COC=O)COC=O)CC(=O)O)CC(=O)O. The molecule has 0 unspecified atom stereocenters. The van der Waals surface area contributed by atoms with E-state index >= 15 is 0 Å². The average Bonchev–Trinajstić information content (AvgIpc) is 2.78. The third kappa shape index (κ3) is 16.6. The Hall–Kier alpha value is -3.65. The van der Waals surface area contributed by atoms with E-state index in [1.54, 1.807) is 13.0 Å². The van der Waals surface area contributed by atoms with E-state index in [-0.39, 0.29) is 78.8 Å². The van der Waals surface area contributed by atoms with Crippen LogP contribution in [0.3, 0.4) is 0 Å². The molecule has 0 saturated heterocycles. The molecule has 0 fully saturated rings. The van der Waals surface area contributed by atoms with Crippen molar-refractivity contribution < 1.29 is 53.0 Å². The molecule has 0 saturated carbocycles. The molecular formula is C20H32N5O10+. The number of carbonyl (C=O) groups is 5. The van der Waals surface area contributed by atoms with Crippen molar-refractivity contribution in [2.45, 2.75) is 6.92 Å². The number of carboxylic acid groups (broad SMARTS) is 2. The number of nitrogens with zero attached hydrogens (tertiary/aromatic N) is 4. The van der Waals surface area contributed by atoms with Gasteiger partial charge in [-0.15, -0.1) is 4.58 Å². The fraction of sp³-hybridized carbons (Fsp3) is 0.600. The number of hydrogen-bond donors (Lipinski definition) is 3. The molecule has 1 amide bonds. The summed E-state index contributed by atoms with van der Waals surface area (Å²) in [6.45, 7) is 4.91. The highest BCUT2D eigenvalue weighted by molar-refractivity contribution is 5.79. The zero-order valence-electron chi connectivity index (χ0n) is 19.6. The van der Waals surface area contributed by atoms with Crippen LogP contribution in [0.1, 0.15) is 6.92 Å². The lowest BCUT2D eigenvalue weighted by Gasteiger charge is -2.27. The van der Waals surface area contributed by atoms with Crippen LogP contribution < -0.4 is 5.32 Å². The maximum atomic E-state index is 12.2. The first-order valence-electron chi connectivity index (χ1n) is 10.4. The van der Waals surface area contributed by atoms with Gasteiger partial charge in [0.1, 0.15) is 13.5 Å². The zero-order valence-corrected chi connectivity index (χ0v) is 19.6. The van der Waals surface area contributed by atoms with Gasteiger partial charge in [-0.25, -0.2) is 4.90 Å². The lowest BCUT2D eigenvalue weighted by atomic mass is 10.3. The number of carboxylic acids is 2. The quantitative estimate of drug-likeness (QED) is 0.0457. The van der Waals surface area contributed by atoms with Crippen molar-refractivity contribution in [1.29, 1.82) is 0 Å². The van der Waals surface area contributed by atoms with Gasteiger partial charge in [0, 0.05) is 33.1 Å². The minimum absolute atomic E-state index is 0.0582. The van der Waals surface area contributed by atoms with Gasteiger partial charge in [-0.3, -0.25) is 33.8 Å². The first kappa shape index (κ1) is 31.4. The minimum Gasteiger partial charge on any atom is -0.480 e. The summed E-state index contributed by atoms with van der Waals surface area (Å²) in [7, 11) is 0. The molecule has 0 radical (unpaired) electrons. The fourth-order valence-electron chi connectivity index (χ4n) is 2.75. The molecular weight excluding hydrogens is 470 g/mol. The van der Waals surface area contributed by atoms with Crippen LogP contribution in [0.4, 0.5) is 0 Å². The van der Waals surface area contributed by atoms with Gasteiger partial charge in [-0.05, 0) is 6.58 Å². The normalized spacial score (nSPS) is 10.5. The van der Waals surface area contributed by atoms with Crippen molar-refractivity contribution in [3.05, 3.63) is 12.3 Å². The summed E-state index contributed by atoms with van der Waals surface area (Å²) < 4.78 is 10.4. The molecule has 0 aliphatic rings. The van der Waals surface area contributed by atoms with E-state index in [0.29, 0.717) is 5.70 Å². The second-order valence-electron chi connectivity index (χ2n) is 7.28. The lowest BCUT2D eigenvalue weighted by Crippen LogP contribution is -2.46. The molecule has 0 bridgehead atoms. The minimum atomic E-state index is -1.17. The Morgan fingerprint density at radius 3 is 1.86 bits per heavy atom. The van der Waals surface area contributed by atoms with Crippen molar-refractivity contribution in [2.75, 3.05) is 72.4 Å². The van der Waals surface area contributed by atoms with Crippen LogP contribution in [0.15, 0.2) is 12.3 Å². The maximum Gasteiger partial charge on any atom is 0.430 e. The predicted octanol–water partition coefficient (Wildman–Crippen LogP) is -2.68. The van der Waals surface area contributed by atoms with E-state index in [1.165, 1.54) is 19.3 Å². The summed E-state index contributed by atoms with van der Waals surface area (Å²) in [5, 5.41) is 20.9. The smallest absolute Gasteiger partial charge is 0.430 e. The first-order chi connectivity index (χ1) is 16.6. The number of allylic oxidation sites excluding steroid dienone is 1. The molecule has 0 spiro atoms. The third-order valence-corrected chi connectivity index (χ3v) is 4.43. The van der Waals surface area contributed by atoms with Crippen LogP contribution in [-0.2, 0) is 38.2 Å². The zero-order chi connectivity index (χ0) is 26.6. The molecule has 15 heteroatoms. The monoisotopic (exact) mass is 502 g/mol. The Kier molecular flexibility index (Phi) is 16.8.